The van der Waals surface area contributed by atoms with Crippen molar-refractivity contribution >= 4 is 23.3 Å². The Morgan fingerprint density at radius 1 is 1.00 bits per heavy atom. The van der Waals surface area contributed by atoms with Crippen LogP contribution in [0.2, 0.25) is 0 Å². The van der Waals surface area contributed by atoms with Crippen molar-refractivity contribution in [3.8, 4) is 22.5 Å². The number of benzene rings is 2. The number of amides is 1. The Morgan fingerprint density at radius 2 is 1.62 bits per heavy atom. The van der Waals surface area contributed by atoms with Crippen LogP contribution in [0.3, 0.4) is 0 Å². The first-order chi connectivity index (χ1) is 12.7. The second-order valence-corrected chi connectivity index (χ2v) is 6.54. The summed E-state index contributed by atoms with van der Waals surface area (Å²) in [7, 11) is 0. The third-order valence-electron chi connectivity index (χ3n) is 4.14. The summed E-state index contributed by atoms with van der Waals surface area (Å²) in [6.07, 6.45) is 1.87. The minimum absolute atomic E-state index is 0.354. The molecule has 4 aromatic rings. The quantitative estimate of drug-likeness (QED) is 0.561. The van der Waals surface area contributed by atoms with E-state index >= 15 is 0 Å². The standard InChI is InChI=1S/C20H16N4OS/c1-26-20-17(18(21)25)19-22-15(13-8-4-2-5-9-13)12-16(24(19)23-20)14-10-6-3-7-11-14/h2-12H,1H3,(H2,21,25). The Balaban J connectivity index is 2.10. The summed E-state index contributed by atoms with van der Waals surface area (Å²) >= 11 is 1.38. The van der Waals surface area contributed by atoms with Gasteiger partial charge in [-0.15, -0.1) is 11.8 Å². The van der Waals surface area contributed by atoms with Crippen LogP contribution in [0.1, 0.15) is 10.4 Å². The van der Waals surface area contributed by atoms with Crippen LogP contribution >= 0.6 is 11.8 Å². The fourth-order valence-electron chi connectivity index (χ4n) is 2.93. The molecule has 5 nitrogen and oxygen atoms in total. The third-order valence-corrected chi connectivity index (χ3v) is 4.81. The average Bonchev–Trinajstić information content (AvgIpc) is 3.07. The van der Waals surface area contributed by atoms with Gasteiger partial charge >= 0.3 is 0 Å². The molecule has 128 valence electrons. The molecule has 2 N–H and O–H groups in total. The molecule has 0 spiro atoms. The average molecular weight is 360 g/mol. The Bertz CT molecular complexity index is 1090. The van der Waals surface area contributed by atoms with Gasteiger partial charge in [0, 0.05) is 11.1 Å². The highest BCUT2D eigenvalue weighted by molar-refractivity contribution is 7.98. The highest BCUT2D eigenvalue weighted by Gasteiger charge is 2.21. The van der Waals surface area contributed by atoms with Crippen LogP contribution in [-0.4, -0.2) is 26.8 Å². The lowest BCUT2D eigenvalue weighted by atomic mass is 10.1. The molecule has 0 saturated heterocycles. The second kappa shape index (κ2) is 6.65. The van der Waals surface area contributed by atoms with E-state index in [0.29, 0.717) is 16.2 Å². The van der Waals surface area contributed by atoms with Crippen molar-refractivity contribution in [3.05, 3.63) is 72.3 Å². The fraction of sp³-hybridized carbons (Fsp3) is 0.0500. The molecule has 1 amide bonds. The van der Waals surface area contributed by atoms with E-state index in [1.54, 1.807) is 4.52 Å². The predicted octanol–water partition coefficient (Wildman–Crippen LogP) is 3.88. The first-order valence-corrected chi connectivity index (χ1v) is 9.30. The van der Waals surface area contributed by atoms with Gasteiger partial charge in [-0.05, 0) is 12.3 Å². The van der Waals surface area contributed by atoms with Crippen LogP contribution in [-0.2, 0) is 0 Å². The van der Waals surface area contributed by atoms with Crippen molar-refractivity contribution in [3.63, 3.8) is 0 Å². The predicted molar refractivity (Wildman–Crippen MR) is 104 cm³/mol. The molecule has 6 heteroatoms. The number of carbonyl (C=O) groups is 1. The van der Waals surface area contributed by atoms with Crippen LogP contribution in [0.25, 0.3) is 28.2 Å². The molecule has 0 aliphatic carbocycles. The maximum absolute atomic E-state index is 12.1. The summed E-state index contributed by atoms with van der Waals surface area (Å²) in [5.74, 6) is -0.527. The topological polar surface area (TPSA) is 73.3 Å². The monoisotopic (exact) mass is 360 g/mol. The van der Waals surface area contributed by atoms with Crippen molar-refractivity contribution in [1.29, 1.82) is 0 Å². The van der Waals surface area contributed by atoms with Crippen LogP contribution in [0.4, 0.5) is 0 Å². The summed E-state index contributed by atoms with van der Waals surface area (Å²) in [6, 6.07) is 21.8. The van der Waals surface area contributed by atoms with Crippen LogP contribution < -0.4 is 5.73 Å². The minimum atomic E-state index is -0.527. The van der Waals surface area contributed by atoms with Crippen molar-refractivity contribution < 1.29 is 4.79 Å². The molecule has 4 rings (SSSR count). The van der Waals surface area contributed by atoms with E-state index in [2.05, 4.69) is 5.10 Å². The Labute approximate surface area is 154 Å². The van der Waals surface area contributed by atoms with Crippen molar-refractivity contribution in [2.75, 3.05) is 6.26 Å². The highest BCUT2D eigenvalue weighted by Crippen LogP contribution is 2.30. The van der Waals surface area contributed by atoms with Gasteiger partial charge in [0.25, 0.3) is 5.91 Å². The van der Waals surface area contributed by atoms with E-state index in [0.717, 1.165) is 22.5 Å². The molecule has 0 aliphatic rings. The lowest BCUT2D eigenvalue weighted by Gasteiger charge is -2.09. The van der Waals surface area contributed by atoms with Gasteiger partial charge in [0.1, 0.15) is 10.6 Å². The summed E-state index contributed by atoms with van der Waals surface area (Å²) in [5.41, 5.74) is 10.0. The number of carbonyl (C=O) groups excluding carboxylic acids is 1. The lowest BCUT2D eigenvalue weighted by Crippen LogP contribution is -2.12. The number of nitrogens with two attached hydrogens (primary N) is 1. The Hall–Kier alpha value is -3.12. The maximum atomic E-state index is 12.1. The van der Waals surface area contributed by atoms with Crippen molar-refractivity contribution in [1.82, 2.24) is 14.6 Å². The van der Waals surface area contributed by atoms with Crippen LogP contribution in [0.15, 0.2) is 71.8 Å². The van der Waals surface area contributed by atoms with E-state index in [1.165, 1.54) is 11.8 Å². The number of nitrogens with zero attached hydrogens (tertiary/aromatic N) is 3. The number of hydrogen-bond acceptors (Lipinski definition) is 4. The van der Waals surface area contributed by atoms with Gasteiger partial charge in [-0.25, -0.2) is 9.50 Å². The maximum Gasteiger partial charge on any atom is 0.255 e. The number of thioether (sulfide) groups is 1. The molecule has 0 bridgehead atoms. The van der Waals surface area contributed by atoms with E-state index in [4.69, 9.17) is 10.7 Å². The Morgan fingerprint density at radius 3 is 2.19 bits per heavy atom. The third kappa shape index (κ3) is 2.74. The lowest BCUT2D eigenvalue weighted by molar-refractivity contribution is 0.0999. The second-order valence-electron chi connectivity index (χ2n) is 5.74. The molecular formula is C20H16N4OS. The number of fused-ring (bicyclic) bond motifs is 1. The zero-order valence-corrected chi connectivity index (χ0v) is 14.9. The van der Waals surface area contributed by atoms with Crippen molar-refractivity contribution in [2.24, 2.45) is 5.73 Å². The highest BCUT2D eigenvalue weighted by atomic mass is 32.2. The smallest absolute Gasteiger partial charge is 0.255 e. The molecule has 2 aromatic heterocycles. The Kier molecular flexibility index (Phi) is 4.18. The van der Waals surface area contributed by atoms with E-state index in [9.17, 15) is 4.79 Å². The number of primary amides is 1. The van der Waals surface area contributed by atoms with Gasteiger partial charge in [-0.2, -0.15) is 5.10 Å². The van der Waals surface area contributed by atoms with Crippen LogP contribution in [0.5, 0.6) is 0 Å². The largest absolute Gasteiger partial charge is 0.365 e. The summed E-state index contributed by atoms with van der Waals surface area (Å²) in [5, 5.41) is 5.16. The molecule has 0 saturated carbocycles. The molecule has 0 unspecified atom stereocenters. The van der Waals surface area contributed by atoms with E-state index < -0.39 is 5.91 Å². The minimum Gasteiger partial charge on any atom is -0.365 e. The molecule has 0 aliphatic heterocycles. The first kappa shape index (κ1) is 16.4. The van der Waals surface area contributed by atoms with Gasteiger partial charge < -0.3 is 5.73 Å². The van der Waals surface area contributed by atoms with Gasteiger partial charge in [-0.3, -0.25) is 4.79 Å². The van der Waals surface area contributed by atoms with Crippen molar-refractivity contribution in [2.45, 2.75) is 5.03 Å². The molecule has 0 fully saturated rings. The molecule has 26 heavy (non-hydrogen) atoms. The summed E-state index contributed by atoms with van der Waals surface area (Å²) in [4.78, 5) is 16.8. The fourth-order valence-corrected chi connectivity index (χ4v) is 3.49. The molecule has 2 aromatic carbocycles. The van der Waals surface area contributed by atoms with Crippen LogP contribution in [0, 0.1) is 0 Å². The number of hydrogen-bond donors (Lipinski definition) is 1. The SMILES string of the molecule is CSc1nn2c(-c3ccccc3)cc(-c3ccccc3)nc2c1C(N)=O. The number of rotatable bonds is 4. The normalized spacial score (nSPS) is 11.0. The van der Waals surface area contributed by atoms with E-state index in [-0.39, 0.29) is 0 Å². The number of aromatic nitrogens is 3. The summed E-state index contributed by atoms with van der Waals surface area (Å²) < 4.78 is 1.70. The zero-order valence-electron chi connectivity index (χ0n) is 14.1. The van der Waals surface area contributed by atoms with E-state index in [1.807, 2.05) is 73.0 Å². The van der Waals surface area contributed by atoms with Gasteiger partial charge in [0.2, 0.25) is 0 Å². The first-order valence-electron chi connectivity index (χ1n) is 8.07. The molecule has 0 atom stereocenters. The van der Waals surface area contributed by atoms with Gasteiger partial charge in [0.05, 0.1) is 11.4 Å². The summed E-state index contributed by atoms with van der Waals surface area (Å²) in [6.45, 7) is 0. The molecule has 0 radical (unpaired) electrons. The van der Waals surface area contributed by atoms with Gasteiger partial charge in [-0.1, -0.05) is 60.7 Å². The molecular weight excluding hydrogens is 344 g/mol. The zero-order chi connectivity index (χ0) is 18.1. The molecule has 2 heterocycles. The van der Waals surface area contributed by atoms with Gasteiger partial charge in [0.15, 0.2) is 5.65 Å².